The zero-order chi connectivity index (χ0) is 22.7. The van der Waals surface area contributed by atoms with Crippen LogP contribution in [0.3, 0.4) is 0 Å². The number of rotatable bonds is 6. The first kappa shape index (κ1) is 22.1. The van der Waals surface area contributed by atoms with Crippen molar-refractivity contribution in [1.29, 1.82) is 0 Å². The Hall–Kier alpha value is -3.12. The number of hydrogen-bond acceptors (Lipinski definition) is 5. The highest BCUT2D eigenvalue weighted by Crippen LogP contribution is 2.33. The number of halogens is 1. The number of amides is 1. The largest absolute Gasteiger partial charge is 0.475 e. The molecule has 6 nitrogen and oxygen atoms in total. The Kier molecular flexibility index (Phi) is 6.61. The third kappa shape index (κ3) is 5.02. The summed E-state index contributed by atoms with van der Waals surface area (Å²) in [4.78, 5) is 24.3. The van der Waals surface area contributed by atoms with Gasteiger partial charge in [0.05, 0.1) is 29.2 Å². The molecule has 32 heavy (non-hydrogen) atoms. The molecule has 166 valence electrons. The molecule has 1 atom stereocenters. The fraction of sp³-hybridized carbons (Fsp3) is 0.320. The van der Waals surface area contributed by atoms with Crippen LogP contribution in [0.4, 0.5) is 11.5 Å². The molecule has 1 aromatic carbocycles. The van der Waals surface area contributed by atoms with E-state index in [1.807, 2.05) is 45.0 Å². The van der Waals surface area contributed by atoms with Crippen molar-refractivity contribution in [3.63, 3.8) is 0 Å². The molecule has 1 N–H and O–H groups in total. The topological polar surface area (TPSA) is 67.3 Å². The Bertz CT molecular complexity index is 1100. The highest BCUT2D eigenvalue weighted by atomic mass is 35.5. The Morgan fingerprint density at radius 1 is 1.06 bits per heavy atom. The van der Waals surface area contributed by atoms with Gasteiger partial charge in [-0.15, -0.1) is 0 Å². The van der Waals surface area contributed by atoms with Gasteiger partial charge in [0.2, 0.25) is 5.88 Å². The van der Waals surface area contributed by atoms with Crippen LogP contribution in [0.25, 0.3) is 0 Å². The zero-order valence-electron chi connectivity index (χ0n) is 18.5. The van der Waals surface area contributed by atoms with Crippen molar-refractivity contribution in [2.45, 2.75) is 45.8 Å². The van der Waals surface area contributed by atoms with E-state index in [1.54, 1.807) is 24.3 Å². The zero-order valence-corrected chi connectivity index (χ0v) is 19.3. The van der Waals surface area contributed by atoms with Crippen molar-refractivity contribution < 1.29 is 9.53 Å². The molecule has 0 bridgehead atoms. The molecule has 1 amide bonds. The number of carbonyl (C=O) groups is 1. The molecule has 1 unspecified atom stereocenters. The Morgan fingerprint density at radius 3 is 2.59 bits per heavy atom. The second-order valence-corrected chi connectivity index (χ2v) is 8.60. The van der Waals surface area contributed by atoms with Crippen molar-refractivity contribution in [3.05, 3.63) is 76.6 Å². The summed E-state index contributed by atoms with van der Waals surface area (Å²) >= 11 is 5.92. The van der Waals surface area contributed by atoms with Gasteiger partial charge in [0, 0.05) is 23.2 Å². The molecule has 3 aromatic rings. The Labute approximate surface area is 193 Å². The maximum Gasteiger partial charge on any atom is 0.251 e. The minimum absolute atomic E-state index is 0.0696. The van der Waals surface area contributed by atoms with Crippen LogP contribution >= 0.6 is 11.6 Å². The summed E-state index contributed by atoms with van der Waals surface area (Å²) < 4.78 is 5.76. The molecule has 0 aliphatic carbocycles. The highest BCUT2D eigenvalue weighted by Gasteiger charge is 2.22. The van der Waals surface area contributed by atoms with Crippen LogP contribution in [0.2, 0.25) is 5.02 Å². The van der Waals surface area contributed by atoms with Crippen molar-refractivity contribution in [2.24, 2.45) is 0 Å². The lowest BCUT2D eigenvalue weighted by atomic mass is 10.1. The number of anilines is 2. The van der Waals surface area contributed by atoms with Crippen LogP contribution in [-0.2, 0) is 6.42 Å². The lowest BCUT2D eigenvalue weighted by molar-refractivity contribution is 0.0939. The summed E-state index contributed by atoms with van der Waals surface area (Å²) in [6, 6.07) is 16.5. The number of pyridine rings is 2. The van der Waals surface area contributed by atoms with E-state index >= 15 is 0 Å². The molecule has 0 radical (unpaired) electrons. The van der Waals surface area contributed by atoms with Crippen LogP contribution < -0.4 is 15.0 Å². The van der Waals surface area contributed by atoms with E-state index < -0.39 is 0 Å². The lowest BCUT2D eigenvalue weighted by Gasteiger charge is -2.30. The molecule has 0 fully saturated rings. The van der Waals surface area contributed by atoms with Gasteiger partial charge in [-0.25, -0.2) is 0 Å². The summed E-state index contributed by atoms with van der Waals surface area (Å²) in [5.41, 5.74) is 3.46. The molecule has 0 spiro atoms. The molecule has 0 saturated heterocycles. The number of ether oxygens (including phenoxy) is 1. The fourth-order valence-corrected chi connectivity index (χ4v) is 3.89. The van der Waals surface area contributed by atoms with Crippen molar-refractivity contribution in [1.82, 2.24) is 15.3 Å². The van der Waals surface area contributed by atoms with Gasteiger partial charge in [0.25, 0.3) is 5.91 Å². The standard InChI is InChI=1S/C25H27ClN4O2/c1-16(2)32-24-8-4-7-23(29-24)30-15-5-6-21-22(30)14-13-20(28-21)17(3)27-25(31)18-9-11-19(26)12-10-18/h4,7-14,16-17H,5-6,15H2,1-3H3,(H,27,31). The quantitative estimate of drug-likeness (QED) is 0.537. The molecule has 3 heterocycles. The van der Waals surface area contributed by atoms with Crippen molar-refractivity contribution >= 4 is 29.0 Å². The maximum atomic E-state index is 12.6. The first-order valence-electron chi connectivity index (χ1n) is 10.9. The van der Waals surface area contributed by atoms with E-state index in [-0.39, 0.29) is 18.1 Å². The van der Waals surface area contributed by atoms with Crippen LogP contribution in [0.1, 0.15) is 55.0 Å². The number of aromatic nitrogens is 2. The second kappa shape index (κ2) is 9.57. The van der Waals surface area contributed by atoms with Gasteiger partial charge in [-0.05, 0) is 76.1 Å². The molecule has 2 aromatic heterocycles. The van der Waals surface area contributed by atoms with Gasteiger partial charge in [0.15, 0.2) is 0 Å². The van der Waals surface area contributed by atoms with Gasteiger partial charge >= 0.3 is 0 Å². The summed E-state index contributed by atoms with van der Waals surface area (Å²) in [6.45, 7) is 6.79. The maximum absolute atomic E-state index is 12.6. The summed E-state index contributed by atoms with van der Waals surface area (Å²) in [5, 5.41) is 3.62. The number of fused-ring (bicyclic) bond motifs is 1. The van der Waals surface area contributed by atoms with E-state index in [4.69, 9.17) is 21.3 Å². The van der Waals surface area contributed by atoms with E-state index in [9.17, 15) is 4.79 Å². The predicted octanol–water partition coefficient (Wildman–Crippen LogP) is 5.49. The van der Waals surface area contributed by atoms with E-state index in [2.05, 4.69) is 21.3 Å². The van der Waals surface area contributed by atoms with E-state index in [0.717, 1.165) is 42.3 Å². The Balaban J connectivity index is 1.53. The number of carbonyl (C=O) groups excluding carboxylic acids is 1. The molecule has 1 aliphatic rings. The number of aryl methyl sites for hydroxylation is 1. The number of hydrogen-bond donors (Lipinski definition) is 1. The summed E-state index contributed by atoms with van der Waals surface area (Å²) in [7, 11) is 0. The fourth-order valence-electron chi connectivity index (χ4n) is 3.76. The second-order valence-electron chi connectivity index (χ2n) is 8.16. The number of benzene rings is 1. The number of nitrogens with one attached hydrogen (secondary N) is 1. The Morgan fingerprint density at radius 2 is 1.84 bits per heavy atom. The average molecular weight is 451 g/mol. The van der Waals surface area contributed by atoms with Crippen LogP contribution in [-0.4, -0.2) is 28.5 Å². The van der Waals surface area contributed by atoms with Crippen molar-refractivity contribution in [3.8, 4) is 5.88 Å². The smallest absolute Gasteiger partial charge is 0.251 e. The average Bonchev–Trinajstić information content (AvgIpc) is 2.78. The van der Waals surface area contributed by atoms with E-state index in [1.165, 1.54) is 0 Å². The predicted molar refractivity (Wildman–Crippen MR) is 127 cm³/mol. The van der Waals surface area contributed by atoms with E-state index in [0.29, 0.717) is 16.5 Å². The third-order valence-electron chi connectivity index (χ3n) is 5.30. The minimum atomic E-state index is -0.222. The van der Waals surface area contributed by atoms with Gasteiger partial charge in [-0.2, -0.15) is 4.98 Å². The molecule has 1 aliphatic heterocycles. The monoisotopic (exact) mass is 450 g/mol. The third-order valence-corrected chi connectivity index (χ3v) is 5.55. The van der Waals surface area contributed by atoms with Gasteiger partial charge in [-0.1, -0.05) is 17.7 Å². The van der Waals surface area contributed by atoms with Crippen LogP contribution in [0.5, 0.6) is 5.88 Å². The van der Waals surface area contributed by atoms with Gasteiger partial charge < -0.3 is 15.0 Å². The van der Waals surface area contributed by atoms with Crippen LogP contribution in [0.15, 0.2) is 54.6 Å². The molecule has 0 saturated carbocycles. The van der Waals surface area contributed by atoms with Gasteiger partial charge in [0.1, 0.15) is 5.82 Å². The molecule has 7 heteroatoms. The normalized spacial score (nSPS) is 14.1. The molecular formula is C25H27ClN4O2. The number of nitrogens with zero attached hydrogens (tertiary/aromatic N) is 3. The summed E-state index contributed by atoms with van der Waals surface area (Å²) in [6.07, 6.45) is 1.94. The lowest BCUT2D eigenvalue weighted by Crippen LogP contribution is -2.29. The SMILES string of the molecule is CC(C)Oc1cccc(N2CCCc3nc(C(C)NC(=O)c4ccc(Cl)cc4)ccc32)n1. The minimum Gasteiger partial charge on any atom is -0.475 e. The van der Waals surface area contributed by atoms with Gasteiger partial charge in [-0.3, -0.25) is 9.78 Å². The highest BCUT2D eigenvalue weighted by molar-refractivity contribution is 6.30. The first-order valence-corrected chi connectivity index (χ1v) is 11.3. The van der Waals surface area contributed by atoms with Crippen LogP contribution in [0, 0.1) is 0 Å². The molecule has 4 rings (SSSR count). The molecular weight excluding hydrogens is 424 g/mol. The summed E-state index contributed by atoms with van der Waals surface area (Å²) in [5.74, 6) is 1.32. The first-order chi connectivity index (χ1) is 15.4. The van der Waals surface area contributed by atoms with Crippen molar-refractivity contribution in [2.75, 3.05) is 11.4 Å².